The molecule has 0 spiro atoms. The third-order valence-corrected chi connectivity index (χ3v) is 4.13. The van der Waals surface area contributed by atoms with Gasteiger partial charge >= 0.3 is 6.61 Å². The minimum Gasteiger partial charge on any atom is -0.493 e. The first-order chi connectivity index (χ1) is 13.2. The van der Waals surface area contributed by atoms with E-state index in [-0.39, 0.29) is 17.4 Å². The largest absolute Gasteiger partial charge is 0.493 e. The molecule has 0 saturated carbocycles. The van der Waals surface area contributed by atoms with Crippen LogP contribution < -0.4 is 19.5 Å². The maximum Gasteiger partial charge on any atom is 0.387 e. The molecule has 0 aliphatic heterocycles. The molecule has 152 valence electrons. The Labute approximate surface area is 167 Å². The van der Waals surface area contributed by atoms with Crippen LogP contribution in [-0.2, 0) is 11.2 Å². The summed E-state index contributed by atoms with van der Waals surface area (Å²) in [5.74, 6) is 0.381. The Balaban J connectivity index is 1.92. The third kappa shape index (κ3) is 6.27. The molecule has 0 fully saturated rings. The van der Waals surface area contributed by atoms with E-state index in [9.17, 15) is 13.6 Å². The van der Waals surface area contributed by atoms with Gasteiger partial charge in [-0.3, -0.25) is 4.79 Å². The number of halogens is 3. The van der Waals surface area contributed by atoms with Gasteiger partial charge in [-0.2, -0.15) is 8.78 Å². The van der Waals surface area contributed by atoms with Gasteiger partial charge in [0.2, 0.25) is 0 Å². The summed E-state index contributed by atoms with van der Waals surface area (Å²) in [6.07, 6.45) is 0.423. The molecule has 1 N–H and O–H groups in total. The number of benzene rings is 2. The molecule has 2 aromatic rings. The standard InChI is InChI=1S/C20H22ClF2NO4/c1-20(2,28-15-7-5-14(21)6-8-15)18(25)24-11-10-13-4-9-16(26-3)17(12-13)27-19(22)23/h4-9,12,19H,10-11H2,1-3H3,(H,24,25). The molecule has 0 heterocycles. The molecule has 0 bridgehead atoms. The van der Waals surface area contributed by atoms with Crippen molar-refractivity contribution in [2.24, 2.45) is 0 Å². The molecular formula is C20H22ClF2NO4. The van der Waals surface area contributed by atoms with Crippen LogP contribution in [0.2, 0.25) is 5.02 Å². The normalized spacial score (nSPS) is 11.2. The van der Waals surface area contributed by atoms with Crippen molar-refractivity contribution in [1.29, 1.82) is 0 Å². The van der Waals surface area contributed by atoms with E-state index in [0.717, 1.165) is 0 Å². The number of amides is 1. The van der Waals surface area contributed by atoms with E-state index < -0.39 is 12.2 Å². The van der Waals surface area contributed by atoms with Crippen LogP contribution >= 0.6 is 11.6 Å². The van der Waals surface area contributed by atoms with Gasteiger partial charge in [0.05, 0.1) is 7.11 Å². The van der Waals surface area contributed by atoms with Crippen LogP contribution in [0.15, 0.2) is 42.5 Å². The summed E-state index contributed by atoms with van der Waals surface area (Å²) in [4.78, 5) is 12.4. The lowest BCUT2D eigenvalue weighted by Gasteiger charge is -2.25. The van der Waals surface area contributed by atoms with Crippen LogP contribution in [0.25, 0.3) is 0 Å². The fourth-order valence-corrected chi connectivity index (χ4v) is 2.57. The second-order valence-corrected chi connectivity index (χ2v) is 6.87. The van der Waals surface area contributed by atoms with E-state index in [4.69, 9.17) is 21.1 Å². The Hall–Kier alpha value is -2.54. The molecule has 0 saturated heterocycles. The molecular weight excluding hydrogens is 392 g/mol. The highest BCUT2D eigenvalue weighted by molar-refractivity contribution is 6.30. The highest BCUT2D eigenvalue weighted by Crippen LogP contribution is 2.29. The molecule has 0 aromatic heterocycles. The fraction of sp³-hybridized carbons (Fsp3) is 0.350. The second-order valence-electron chi connectivity index (χ2n) is 6.44. The summed E-state index contributed by atoms with van der Waals surface area (Å²) in [5.41, 5.74) is -0.384. The van der Waals surface area contributed by atoms with Crippen molar-refractivity contribution < 1.29 is 27.8 Å². The van der Waals surface area contributed by atoms with Gasteiger partial charge in [0.1, 0.15) is 5.75 Å². The number of alkyl halides is 2. The number of hydrogen-bond donors (Lipinski definition) is 1. The molecule has 0 radical (unpaired) electrons. The lowest BCUT2D eigenvalue weighted by atomic mass is 10.1. The zero-order valence-corrected chi connectivity index (χ0v) is 16.6. The Bertz CT molecular complexity index is 797. The SMILES string of the molecule is COc1ccc(CCNC(=O)C(C)(C)Oc2ccc(Cl)cc2)cc1OC(F)F. The fourth-order valence-electron chi connectivity index (χ4n) is 2.44. The molecule has 0 atom stereocenters. The number of nitrogens with one attached hydrogen (secondary N) is 1. The van der Waals surface area contributed by atoms with Crippen LogP contribution in [0.4, 0.5) is 8.78 Å². The van der Waals surface area contributed by atoms with Gasteiger partial charge in [-0.25, -0.2) is 0 Å². The molecule has 0 unspecified atom stereocenters. The summed E-state index contributed by atoms with van der Waals surface area (Å²) in [7, 11) is 1.37. The average Bonchev–Trinajstić information content (AvgIpc) is 2.63. The molecule has 2 rings (SSSR count). The van der Waals surface area contributed by atoms with E-state index in [0.29, 0.717) is 29.3 Å². The van der Waals surface area contributed by atoms with Crippen LogP contribution in [0, 0.1) is 0 Å². The number of carbonyl (C=O) groups is 1. The summed E-state index contributed by atoms with van der Waals surface area (Å²) in [6.45, 7) is 0.652. The maximum atomic E-state index is 12.5. The summed E-state index contributed by atoms with van der Waals surface area (Å²) >= 11 is 5.84. The predicted molar refractivity (Wildman–Crippen MR) is 102 cm³/mol. The van der Waals surface area contributed by atoms with E-state index in [2.05, 4.69) is 10.1 Å². The van der Waals surface area contributed by atoms with Crippen molar-refractivity contribution in [1.82, 2.24) is 5.32 Å². The lowest BCUT2D eigenvalue weighted by molar-refractivity contribution is -0.134. The number of methoxy groups -OCH3 is 1. The Morgan fingerprint density at radius 1 is 1.14 bits per heavy atom. The van der Waals surface area contributed by atoms with E-state index in [1.54, 1.807) is 50.2 Å². The summed E-state index contributed by atoms with van der Waals surface area (Å²) in [6, 6.07) is 11.4. The highest BCUT2D eigenvalue weighted by Gasteiger charge is 2.29. The van der Waals surface area contributed by atoms with E-state index >= 15 is 0 Å². The Morgan fingerprint density at radius 3 is 2.43 bits per heavy atom. The van der Waals surface area contributed by atoms with Crippen molar-refractivity contribution in [2.75, 3.05) is 13.7 Å². The topological polar surface area (TPSA) is 56.8 Å². The van der Waals surface area contributed by atoms with Crippen molar-refractivity contribution in [3.05, 3.63) is 53.1 Å². The summed E-state index contributed by atoms with van der Waals surface area (Å²) in [5, 5.41) is 3.36. The molecule has 5 nitrogen and oxygen atoms in total. The number of ether oxygens (including phenoxy) is 3. The highest BCUT2D eigenvalue weighted by atomic mass is 35.5. The van der Waals surface area contributed by atoms with Crippen molar-refractivity contribution in [3.63, 3.8) is 0 Å². The number of carbonyl (C=O) groups excluding carboxylic acids is 1. The smallest absolute Gasteiger partial charge is 0.387 e. The monoisotopic (exact) mass is 413 g/mol. The van der Waals surface area contributed by atoms with Crippen molar-refractivity contribution in [3.8, 4) is 17.2 Å². The minimum atomic E-state index is -2.95. The van der Waals surface area contributed by atoms with Gasteiger partial charge in [-0.15, -0.1) is 0 Å². The van der Waals surface area contributed by atoms with Gasteiger partial charge < -0.3 is 19.5 Å². The first-order valence-electron chi connectivity index (χ1n) is 8.56. The first kappa shape index (κ1) is 21.8. The quantitative estimate of drug-likeness (QED) is 0.659. The van der Waals surface area contributed by atoms with Crippen LogP contribution in [-0.4, -0.2) is 31.8 Å². The van der Waals surface area contributed by atoms with Crippen LogP contribution in [0.5, 0.6) is 17.2 Å². The number of rotatable bonds is 9. The van der Waals surface area contributed by atoms with Gasteiger partial charge in [0.15, 0.2) is 17.1 Å². The molecule has 2 aromatic carbocycles. The minimum absolute atomic E-state index is 0.0484. The lowest BCUT2D eigenvalue weighted by Crippen LogP contribution is -2.47. The van der Waals surface area contributed by atoms with Crippen molar-refractivity contribution >= 4 is 17.5 Å². The maximum absolute atomic E-state index is 12.5. The van der Waals surface area contributed by atoms with E-state index in [1.807, 2.05) is 0 Å². The molecule has 28 heavy (non-hydrogen) atoms. The Morgan fingerprint density at radius 2 is 1.82 bits per heavy atom. The summed E-state index contributed by atoms with van der Waals surface area (Å²) < 4.78 is 40.2. The zero-order valence-electron chi connectivity index (χ0n) is 15.8. The second kappa shape index (κ2) is 9.59. The number of hydrogen-bond acceptors (Lipinski definition) is 4. The third-order valence-electron chi connectivity index (χ3n) is 3.88. The molecule has 8 heteroatoms. The van der Waals surface area contributed by atoms with Gasteiger partial charge in [-0.05, 0) is 62.2 Å². The van der Waals surface area contributed by atoms with Gasteiger partial charge in [0.25, 0.3) is 5.91 Å². The zero-order chi connectivity index (χ0) is 20.7. The first-order valence-corrected chi connectivity index (χ1v) is 8.93. The average molecular weight is 414 g/mol. The van der Waals surface area contributed by atoms with E-state index in [1.165, 1.54) is 13.2 Å². The van der Waals surface area contributed by atoms with Gasteiger partial charge in [-0.1, -0.05) is 17.7 Å². The predicted octanol–water partition coefficient (Wildman–Crippen LogP) is 4.47. The van der Waals surface area contributed by atoms with Crippen molar-refractivity contribution in [2.45, 2.75) is 32.5 Å². The molecule has 0 aliphatic carbocycles. The van der Waals surface area contributed by atoms with Gasteiger partial charge in [0, 0.05) is 11.6 Å². The van der Waals surface area contributed by atoms with Crippen LogP contribution in [0.1, 0.15) is 19.4 Å². The Kier molecular flexibility index (Phi) is 7.45. The van der Waals surface area contributed by atoms with Crippen LogP contribution in [0.3, 0.4) is 0 Å². The molecule has 0 aliphatic rings. The molecule has 1 amide bonds.